The van der Waals surface area contributed by atoms with Crippen LogP contribution < -0.4 is 4.74 Å². The first-order valence-electron chi connectivity index (χ1n) is 12.7. The van der Waals surface area contributed by atoms with Crippen molar-refractivity contribution >= 4 is 12.2 Å². The van der Waals surface area contributed by atoms with Crippen LogP contribution in [0.15, 0.2) is 48.1 Å². The molecule has 1 unspecified atom stereocenters. The number of alkyl halides is 3. The van der Waals surface area contributed by atoms with Crippen LogP contribution in [-0.4, -0.2) is 46.8 Å². The SMILES string of the molecule is CC/C(C)=C/C=C\c1c(C)c(-c2ccc(OC(F)(F)F)cc2)cc(CN(C)C(=O)OC(C)(C)C)c1C(O)CO. The van der Waals surface area contributed by atoms with E-state index in [9.17, 15) is 28.2 Å². The van der Waals surface area contributed by atoms with E-state index < -0.39 is 30.8 Å². The molecule has 2 rings (SSSR count). The minimum absolute atomic E-state index is 0.0501. The lowest BCUT2D eigenvalue weighted by molar-refractivity contribution is -0.274. The van der Waals surface area contributed by atoms with E-state index in [0.29, 0.717) is 27.8 Å². The Morgan fingerprint density at radius 1 is 1.15 bits per heavy atom. The van der Waals surface area contributed by atoms with Crippen LogP contribution in [0.2, 0.25) is 0 Å². The van der Waals surface area contributed by atoms with Crippen molar-refractivity contribution in [1.29, 1.82) is 0 Å². The lowest BCUT2D eigenvalue weighted by Gasteiger charge is -2.27. The Kier molecular flexibility index (Phi) is 10.8. The minimum atomic E-state index is -4.80. The second-order valence-corrected chi connectivity index (χ2v) is 10.4. The van der Waals surface area contributed by atoms with Gasteiger partial charge in [0.25, 0.3) is 0 Å². The zero-order valence-corrected chi connectivity index (χ0v) is 23.5. The molecular weight excluding hydrogens is 511 g/mol. The molecule has 0 aromatic heterocycles. The molecule has 9 heteroatoms. The molecule has 2 N–H and O–H groups in total. The highest BCUT2D eigenvalue weighted by Gasteiger charge is 2.31. The van der Waals surface area contributed by atoms with Gasteiger partial charge in [0.2, 0.25) is 0 Å². The molecule has 0 bridgehead atoms. The van der Waals surface area contributed by atoms with Gasteiger partial charge in [-0.2, -0.15) is 0 Å². The number of aliphatic hydroxyl groups is 2. The van der Waals surface area contributed by atoms with Gasteiger partial charge in [-0.25, -0.2) is 4.79 Å². The van der Waals surface area contributed by atoms with E-state index in [1.165, 1.54) is 29.2 Å². The number of benzene rings is 2. The molecule has 0 saturated heterocycles. The van der Waals surface area contributed by atoms with Gasteiger partial charge in [0.1, 0.15) is 17.5 Å². The van der Waals surface area contributed by atoms with E-state index >= 15 is 0 Å². The maximum atomic E-state index is 12.7. The number of hydrogen-bond donors (Lipinski definition) is 2. The normalized spacial score (nSPS) is 13.5. The third kappa shape index (κ3) is 9.44. The van der Waals surface area contributed by atoms with Gasteiger partial charge in [0.15, 0.2) is 0 Å². The van der Waals surface area contributed by atoms with Crippen molar-refractivity contribution in [2.45, 2.75) is 72.6 Å². The molecule has 0 aliphatic carbocycles. The van der Waals surface area contributed by atoms with Crippen molar-refractivity contribution in [2.24, 2.45) is 0 Å². The number of amides is 1. The summed E-state index contributed by atoms with van der Waals surface area (Å²) in [4.78, 5) is 14.1. The molecule has 214 valence electrons. The number of carbonyl (C=O) groups is 1. The molecule has 1 amide bonds. The average Bonchev–Trinajstić information content (AvgIpc) is 2.83. The number of hydrogen-bond acceptors (Lipinski definition) is 5. The Balaban J connectivity index is 2.72. The van der Waals surface area contributed by atoms with Crippen LogP contribution in [0.3, 0.4) is 0 Å². The summed E-state index contributed by atoms with van der Waals surface area (Å²) in [6, 6.07) is 7.26. The zero-order valence-electron chi connectivity index (χ0n) is 23.5. The van der Waals surface area contributed by atoms with Gasteiger partial charge >= 0.3 is 12.5 Å². The molecule has 0 aliphatic rings. The fourth-order valence-corrected chi connectivity index (χ4v) is 3.93. The molecule has 2 aromatic rings. The van der Waals surface area contributed by atoms with Crippen LogP contribution in [0.4, 0.5) is 18.0 Å². The van der Waals surface area contributed by atoms with Crippen molar-refractivity contribution in [3.05, 3.63) is 70.3 Å². The van der Waals surface area contributed by atoms with E-state index in [-0.39, 0.29) is 12.3 Å². The highest BCUT2D eigenvalue weighted by molar-refractivity contribution is 5.77. The zero-order chi connectivity index (χ0) is 29.5. The van der Waals surface area contributed by atoms with Gasteiger partial charge in [-0.15, -0.1) is 13.2 Å². The van der Waals surface area contributed by atoms with Crippen molar-refractivity contribution in [3.8, 4) is 16.9 Å². The maximum Gasteiger partial charge on any atom is 0.573 e. The van der Waals surface area contributed by atoms with E-state index in [0.717, 1.165) is 17.6 Å². The lowest BCUT2D eigenvalue weighted by atomic mass is 9.86. The third-order valence-electron chi connectivity index (χ3n) is 5.98. The van der Waals surface area contributed by atoms with Gasteiger partial charge in [-0.05, 0) is 92.6 Å². The molecule has 0 radical (unpaired) electrons. The van der Waals surface area contributed by atoms with Crippen molar-refractivity contribution < 1.29 is 37.7 Å². The summed E-state index contributed by atoms with van der Waals surface area (Å²) in [7, 11) is 1.56. The molecule has 2 aromatic carbocycles. The van der Waals surface area contributed by atoms with Crippen molar-refractivity contribution in [1.82, 2.24) is 4.90 Å². The molecule has 1 atom stereocenters. The molecule has 0 aliphatic heterocycles. The van der Waals surface area contributed by atoms with Gasteiger partial charge < -0.3 is 24.6 Å². The van der Waals surface area contributed by atoms with Crippen LogP contribution in [0.1, 0.15) is 69.4 Å². The van der Waals surface area contributed by atoms with Crippen LogP contribution in [0.5, 0.6) is 5.75 Å². The largest absolute Gasteiger partial charge is 0.573 e. The van der Waals surface area contributed by atoms with Crippen molar-refractivity contribution in [2.75, 3.05) is 13.7 Å². The lowest BCUT2D eigenvalue weighted by Crippen LogP contribution is -2.34. The van der Waals surface area contributed by atoms with Gasteiger partial charge in [0.05, 0.1) is 6.61 Å². The van der Waals surface area contributed by atoms with E-state index in [4.69, 9.17) is 4.74 Å². The summed E-state index contributed by atoms with van der Waals surface area (Å²) in [6.45, 7) is 10.6. The van der Waals surface area contributed by atoms with Crippen LogP contribution in [0.25, 0.3) is 17.2 Å². The second kappa shape index (κ2) is 13.2. The van der Waals surface area contributed by atoms with Gasteiger partial charge in [0, 0.05) is 13.6 Å². The standard InChI is InChI=1S/C30H38F3NO5/c1-8-19(2)10-9-11-24-20(3)25(21-12-14-23(15-13-21)38-30(31,32)33)16-22(27(24)26(36)18-35)17-34(7)28(37)39-29(4,5)6/h9-16,26,35-36H,8,17-18H2,1-7H3/b11-9-,19-10+. The molecule has 0 heterocycles. The Hall–Kier alpha value is -3.30. The first-order valence-corrected chi connectivity index (χ1v) is 12.7. The second-order valence-electron chi connectivity index (χ2n) is 10.4. The van der Waals surface area contributed by atoms with Gasteiger partial charge in [-0.3, -0.25) is 0 Å². The molecular formula is C30H38F3NO5. The fraction of sp³-hybridized carbons (Fsp3) is 0.433. The third-order valence-corrected chi connectivity index (χ3v) is 5.98. The topological polar surface area (TPSA) is 79.2 Å². The maximum absolute atomic E-state index is 12.7. The Morgan fingerprint density at radius 2 is 1.77 bits per heavy atom. The molecule has 6 nitrogen and oxygen atoms in total. The van der Waals surface area contributed by atoms with E-state index in [1.54, 1.807) is 33.9 Å². The molecule has 0 spiro atoms. The number of ether oxygens (including phenoxy) is 2. The smallest absolute Gasteiger partial charge is 0.444 e. The number of allylic oxidation sites excluding steroid dienone is 3. The number of halogens is 3. The fourth-order valence-electron chi connectivity index (χ4n) is 3.93. The van der Waals surface area contributed by atoms with Crippen LogP contribution in [0, 0.1) is 6.92 Å². The Morgan fingerprint density at radius 3 is 2.28 bits per heavy atom. The molecule has 0 saturated carbocycles. The summed E-state index contributed by atoms with van der Waals surface area (Å²) < 4.78 is 47.4. The highest BCUT2D eigenvalue weighted by Crippen LogP contribution is 2.36. The van der Waals surface area contributed by atoms with Crippen molar-refractivity contribution in [3.63, 3.8) is 0 Å². The number of rotatable bonds is 9. The Labute approximate surface area is 228 Å². The first kappa shape index (κ1) is 31.9. The molecule has 39 heavy (non-hydrogen) atoms. The van der Waals surface area contributed by atoms with E-state index in [1.807, 2.05) is 39.0 Å². The minimum Gasteiger partial charge on any atom is -0.444 e. The van der Waals surface area contributed by atoms with Crippen LogP contribution >= 0.6 is 0 Å². The number of aliphatic hydroxyl groups excluding tert-OH is 2. The summed E-state index contributed by atoms with van der Waals surface area (Å²) in [5.41, 5.74) is 4.10. The van der Waals surface area contributed by atoms with E-state index in [2.05, 4.69) is 4.74 Å². The van der Waals surface area contributed by atoms with Crippen LogP contribution in [-0.2, 0) is 11.3 Å². The highest BCUT2D eigenvalue weighted by atomic mass is 19.4. The number of carbonyl (C=O) groups excluding carboxylic acids is 1. The summed E-state index contributed by atoms with van der Waals surface area (Å²) >= 11 is 0. The number of nitrogens with zero attached hydrogens (tertiary/aromatic N) is 1. The first-order chi connectivity index (χ1) is 18.1. The summed E-state index contributed by atoms with van der Waals surface area (Å²) in [5, 5.41) is 20.7. The predicted molar refractivity (Wildman–Crippen MR) is 146 cm³/mol. The predicted octanol–water partition coefficient (Wildman–Crippen LogP) is 7.32. The van der Waals surface area contributed by atoms with Gasteiger partial charge in [-0.1, -0.05) is 42.9 Å². The monoisotopic (exact) mass is 549 g/mol. The Bertz CT molecular complexity index is 1200. The average molecular weight is 550 g/mol. The summed E-state index contributed by atoms with van der Waals surface area (Å²) in [6.07, 6.45) is -0.143. The quantitative estimate of drug-likeness (QED) is 0.320. The summed E-state index contributed by atoms with van der Waals surface area (Å²) in [5.74, 6) is -0.346. The molecule has 0 fully saturated rings.